The molecule has 0 bridgehead atoms. The van der Waals surface area contributed by atoms with Gasteiger partial charge >= 0.3 is 0 Å². The first-order chi connectivity index (χ1) is 27.0. The molecule has 282 valence electrons. The van der Waals surface area contributed by atoms with Gasteiger partial charge in [0, 0.05) is 57.4 Å². The molecule has 0 saturated heterocycles. The highest BCUT2D eigenvalue weighted by atomic mass is 15.3. The molecular formula is C50H59BN4. The van der Waals surface area contributed by atoms with Crippen LogP contribution in [0.15, 0.2) is 72.8 Å². The molecule has 4 heterocycles. The Balaban J connectivity index is 1.32. The number of hydrogen-bond donors (Lipinski definition) is 0. The number of para-hydroxylation sites is 2. The highest BCUT2D eigenvalue weighted by Crippen LogP contribution is 2.50. The zero-order valence-electron chi connectivity index (χ0n) is 33.7. The summed E-state index contributed by atoms with van der Waals surface area (Å²) in [5.41, 5.74) is 21.7. The van der Waals surface area contributed by atoms with Gasteiger partial charge in [0.15, 0.2) is 0 Å². The van der Waals surface area contributed by atoms with Gasteiger partial charge in [-0.15, -0.1) is 0 Å². The third-order valence-electron chi connectivity index (χ3n) is 14.7. The van der Waals surface area contributed by atoms with Crippen LogP contribution in [0.2, 0.25) is 0 Å². The lowest BCUT2D eigenvalue weighted by molar-refractivity contribution is 0.433. The second-order valence-electron chi connectivity index (χ2n) is 19.0. The minimum atomic E-state index is 0.0445. The van der Waals surface area contributed by atoms with E-state index < -0.39 is 0 Å². The summed E-state index contributed by atoms with van der Waals surface area (Å²) in [6.07, 6.45) is 23.1. The molecule has 5 aromatic rings. The Labute approximate surface area is 330 Å². The first-order valence-electron chi connectivity index (χ1n) is 22.4. The van der Waals surface area contributed by atoms with Crippen LogP contribution in [0.25, 0.3) is 11.4 Å². The maximum Gasteiger partial charge on any atom is 0.294 e. The van der Waals surface area contributed by atoms with Gasteiger partial charge in [0.25, 0.3) is 6.71 Å². The van der Waals surface area contributed by atoms with Crippen LogP contribution in [0.4, 0.5) is 22.7 Å². The number of nitrogens with zero attached hydrogens (tertiary/aromatic N) is 4. The van der Waals surface area contributed by atoms with Gasteiger partial charge in [-0.05, 0) is 141 Å². The molecule has 2 aromatic heterocycles. The van der Waals surface area contributed by atoms with Crippen LogP contribution in [0.1, 0.15) is 139 Å². The molecule has 11 rings (SSSR count). The lowest BCUT2D eigenvalue weighted by Crippen LogP contribution is -2.66. The lowest BCUT2D eigenvalue weighted by atomic mass is 9.36. The lowest BCUT2D eigenvalue weighted by Gasteiger charge is -2.49. The monoisotopic (exact) mass is 726 g/mol. The predicted molar refractivity (Wildman–Crippen MR) is 233 cm³/mol. The number of rotatable bonds is 4. The standard InChI is InChI=1S/C50H59BN4/c1-50(2,3)34-32-43-45-44(33-34)53(36-22-10-5-11-23-36)47-40-29-17-19-31-42(40)55(38-26-14-7-15-27-38)49(47)51(45)48-46(52(43)35-20-8-4-9-21-35)39-28-16-18-30-41(39)54(48)37-24-12-6-13-25-37/h6-7,12-15,24-27,32-33,35-36H,4-5,8-11,16-23,28-31H2,1-3H3. The molecule has 0 unspecified atom stereocenters. The van der Waals surface area contributed by atoms with Gasteiger partial charge in [0.1, 0.15) is 0 Å². The Kier molecular flexibility index (Phi) is 8.22. The van der Waals surface area contributed by atoms with Gasteiger partial charge in [-0.1, -0.05) is 95.7 Å². The molecule has 0 radical (unpaired) electrons. The number of hydrogen-bond acceptors (Lipinski definition) is 2. The van der Waals surface area contributed by atoms with Crippen LogP contribution in [0.3, 0.4) is 0 Å². The molecule has 0 N–H and O–H groups in total. The molecule has 0 amide bonds. The van der Waals surface area contributed by atoms with Crippen LogP contribution in [-0.2, 0) is 31.1 Å². The molecule has 5 heteroatoms. The quantitative estimate of drug-likeness (QED) is 0.172. The zero-order valence-corrected chi connectivity index (χ0v) is 33.7. The molecule has 0 spiro atoms. The van der Waals surface area contributed by atoms with Gasteiger partial charge in [0.2, 0.25) is 0 Å². The Bertz CT molecular complexity index is 2090. The fraction of sp³-hybridized carbons (Fsp3) is 0.480. The van der Waals surface area contributed by atoms with Crippen molar-refractivity contribution in [2.75, 3.05) is 9.80 Å². The number of benzene rings is 3. The van der Waals surface area contributed by atoms with Crippen molar-refractivity contribution in [3.05, 3.63) is 101 Å². The van der Waals surface area contributed by atoms with Crippen molar-refractivity contribution in [1.29, 1.82) is 0 Å². The first kappa shape index (κ1) is 34.2. The Morgan fingerprint density at radius 1 is 0.509 bits per heavy atom. The smallest absolute Gasteiger partial charge is 0.294 e. The summed E-state index contributed by atoms with van der Waals surface area (Å²) in [5, 5.41) is 0. The van der Waals surface area contributed by atoms with E-state index in [1.165, 1.54) is 131 Å². The van der Waals surface area contributed by atoms with Crippen molar-refractivity contribution in [2.45, 2.75) is 154 Å². The van der Waals surface area contributed by atoms with E-state index in [0.717, 1.165) is 12.8 Å². The molecule has 55 heavy (non-hydrogen) atoms. The molecule has 0 atom stereocenters. The summed E-state index contributed by atoms with van der Waals surface area (Å²) in [6.45, 7) is 7.52. The van der Waals surface area contributed by atoms with Gasteiger partial charge in [-0.2, -0.15) is 0 Å². The number of aromatic nitrogens is 2. The largest absolute Gasteiger partial charge is 0.338 e. The number of anilines is 4. The van der Waals surface area contributed by atoms with Gasteiger partial charge in [0.05, 0.1) is 11.4 Å². The number of fused-ring (bicyclic) bond motifs is 8. The van der Waals surface area contributed by atoms with E-state index in [4.69, 9.17) is 0 Å². The summed E-state index contributed by atoms with van der Waals surface area (Å²) < 4.78 is 5.66. The normalized spacial score (nSPS) is 19.8. The van der Waals surface area contributed by atoms with Gasteiger partial charge in [-0.3, -0.25) is 0 Å². The molecule has 3 aromatic carbocycles. The van der Waals surface area contributed by atoms with Gasteiger partial charge in [-0.25, -0.2) is 0 Å². The van der Waals surface area contributed by atoms with Crippen molar-refractivity contribution in [2.24, 2.45) is 0 Å². The fourth-order valence-corrected chi connectivity index (χ4v) is 12.2. The molecule has 2 saturated carbocycles. The second kappa shape index (κ2) is 13.2. The van der Waals surface area contributed by atoms with Crippen molar-refractivity contribution >= 4 is 46.1 Å². The Morgan fingerprint density at radius 3 is 1.35 bits per heavy atom. The highest BCUT2D eigenvalue weighted by molar-refractivity contribution is 6.99. The van der Waals surface area contributed by atoms with Crippen LogP contribution >= 0.6 is 0 Å². The van der Waals surface area contributed by atoms with Crippen LogP contribution in [0, 0.1) is 0 Å². The molecule has 2 fully saturated rings. The topological polar surface area (TPSA) is 16.3 Å². The first-order valence-corrected chi connectivity index (χ1v) is 22.4. The summed E-state index contributed by atoms with van der Waals surface area (Å²) >= 11 is 0. The average molecular weight is 727 g/mol. The maximum atomic E-state index is 3.00. The minimum absolute atomic E-state index is 0.0445. The Morgan fingerprint density at radius 2 is 0.927 bits per heavy atom. The van der Waals surface area contributed by atoms with Crippen molar-refractivity contribution < 1.29 is 0 Å². The molecule has 4 nitrogen and oxygen atoms in total. The fourth-order valence-electron chi connectivity index (χ4n) is 12.2. The highest BCUT2D eigenvalue weighted by Gasteiger charge is 2.52. The summed E-state index contributed by atoms with van der Waals surface area (Å²) in [6, 6.07) is 29.6. The average Bonchev–Trinajstić information content (AvgIpc) is 3.75. The summed E-state index contributed by atoms with van der Waals surface area (Å²) in [4.78, 5) is 6.00. The van der Waals surface area contributed by atoms with Crippen LogP contribution < -0.4 is 26.4 Å². The van der Waals surface area contributed by atoms with Gasteiger partial charge < -0.3 is 18.9 Å². The van der Waals surface area contributed by atoms with Crippen molar-refractivity contribution in [3.63, 3.8) is 0 Å². The zero-order chi connectivity index (χ0) is 36.8. The molecule has 6 aliphatic rings. The SMILES string of the molecule is CC(C)(C)c1cc2c3c(c1)N(C1CCCCC1)c1c4c(n(-c5ccccc5)c1B3c1c(c3c(n1-c1ccccc1)CCCC3)N2C1CCCCC1)CCCC4. The van der Waals surface area contributed by atoms with Crippen LogP contribution in [-0.4, -0.2) is 27.9 Å². The third kappa shape index (κ3) is 5.23. The minimum Gasteiger partial charge on any atom is -0.338 e. The van der Waals surface area contributed by atoms with Crippen LogP contribution in [0.5, 0.6) is 0 Å². The summed E-state index contributed by atoms with van der Waals surface area (Å²) in [5.74, 6) is 0. The van der Waals surface area contributed by atoms with E-state index >= 15 is 0 Å². The summed E-state index contributed by atoms with van der Waals surface area (Å²) in [7, 11) is 0. The molecule has 4 aliphatic carbocycles. The predicted octanol–water partition coefficient (Wildman–Crippen LogP) is 10.4. The van der Waals surface area contributed by atoms with E-state index in [-0.39, 0.29) is 12.1 Å². The second-order valence-corrected chi connectivity index (χ2v) is 19.0. The van der Waals surface area contributed by atoms with E-state index in [0.29, 0.717) is 12.1 Å². The third-order valence-corrected chi connectivity index (χ3v) is 14.7. The van der Waals surface area contributed by atoms with E-state index in [2.05, 4.69) is 113 Å². The molecule has 2 aliphatic heterocycles. The maximum absolute atomic E-state index is 3.00. The van der Waals surface area contributed by atoms with Crippen molar-refractivity contribution in [1.82, 2.24) is 9.13 Å². The van der Waals surface area contributed by atoms with E-state index in [1.54, 1.807) is 50.5 Å². The van der Waals surface area contributed by atoms with E-state index in [9.17, 15) is 0 Å². The molecular weight excluding hydrogens is 667 g/mol. The Hall–Kier alpha value is -4.12. The van der Waals surface area contributed by atoms with Crippen molar-refractivity contribution in [3.8, 4) is 11.4 Å². The van der Waals surface area contributed by atoms with E-state index in [1.807, 2.05) is 0 Å².